The van der Waals surface area contributed by atoms with Gasteiger partial charge in [-0.1, -0.05) is 60.7 Å². The largest absolute Gasteiger partial charge is 0.480 e. The van der Waals surface area contributed by atoms with E-state index in [1.54, 1.807) is 0 Å². The summed E-state index contributed by atoms with van der Waals surface area (Å²) in [6.07, 6.45) is 1.93. The topological polar surface area (TPSA) is 75.1 Å². The van der Waals surface area contributed by atoms with Crippen molar-refractivity contribution in [3.8, 4) is 0 Å². The fraction of sp³-hybridized carbons (Fsp3) is 0.227. The van der Waals surface area contributed by atoms with Gasteiger partial charge in [0, 0.05) is 11.4 Å². The van der Waals surface area contributed by atoms with Crippen molar-refractivity contribution in [3.63, 3.8) is 0 Å². The van der Waals surface area contributed by atoms with Crippen LogP contribution in [-0.4, -0.2) is 33.3 Å². The number of nitrogens with one attached hydrogen (secondary N) is 1. The van der Waals surface area contributed by atoms with Crippen LogP contribution in [0.25, 0.3) is 0 Å². The molecular formula is C22H23N3O2S. The molecule has 3 aromatic rings. The second-order valence-electron chi connectivity index (χ2n) is 6.56. The first-order valence-electron chi connectivity index (χ1n) is 8.95. The van der Waals surface area contributed by atoms with Gasteiger partial charge in [0.2, 0.25) is 5.95 Å². The number of benzene rings is 2. The van der Waals surface area contributed by atoms with E-state index in [2.05, 4.69) is 15.3 Å². The van der Waals surface area contributed by atoms with E-state index in [-0.39, 0.29) is 0 Å². The Morgan fingerprint density at radius 3 is 1.82 bits per heavy atom. The van der Waals surface area contributed by atoms with Crippen molar-refractivity contribution in [2.24, 2.45) is 0 Å². The Bertz CT molecular complexity index is 889. The normalized spacial score (nSPS) is 12.4. The summed E-state index contributed by atoms with van der Waals surface area (Å²) in [5, 5.41) is 13.3. The monoisotopic (exact) mass is 393 g/mol. The second kappa shape index (κ2) is 8.44. The predicted molar refractivity (Wildman–Crippen MR) is 114 cm³/mol. The zero-order valence-electron chi connectivity index (χ0n) is 16.1. The van der Waals surface area contributed by atoms with E-state index in [0.29, 0.717) is 5.95 Å². The first kappa shape index (κ1) is 19.9. The lowest BCUT2D eigenvalue weighted by Gasteiger charge is -2.38. The molecule has 3 rings (SSSR count). The molecule has 0 saturated carbocycles. The van der Waals surface area contributed by atoms with Crippen LogP contribution in [0.4, 0.5) is 5.95 Å². The van der Waals surface area contributed by atoms with Crippen molar-refractivity contribution in [2.45, 2.75) is 24.6 Å². The molecule has 1 heterocycles. The maximum absolute atomic E-state index is 12.5. The van der Waals surface area contributed by atoms with Gasteiger partial charge in [0.05, 0.1) is 4.75 Å². The van der Waals surface area contributed by atoms with E-state index >= 15 is 0 Å². The van der Waals surface area contributed by atoms with Crippen LogP contribution < -0.4 is 5.32 Å². The lowest BCUT2D eigenvalue weighted by Crippen LogP contribution is -2.48. The lowest BCUT2D eigenvalue weighted by molar-refractivity contribution is -0.138. The molecule has 0 fully saturated rings. The average Bonchev–Trinajstić information content (AvgIpc) is 2.69. The Hall–Kier alpha value is -2.86. The van der Waals surface area contributed by atoms with E-state index in [0.717, 1.165) is 22.5 Å². The molecule has 144 valence electrons. The highest BCUT2D eigenvalue weighted by Gasteiger charge is 2.46. The van der Waals surface area contributed by atoms with E-state index in [9.17, 15) is 9.90 Å². The molecule has 6 heteroatoms. The number of carbonyl (C=O) groups is 1. The van der Waals surface area contributed by atoms with Gasteiger partial charge in [-0.15, -0.1) is 11.8 Å². The molecule has 0 saturated heterocycles. The summed E-state index contributed by atoms with van der Waals surface area (Å²) in [5.74, 6) is -0.653. The van der Waals surface area contributed by atoms with Gasteiger partial charge in [0.15, 0.2) is 0 Å². The minimum atomic E-state index is -0.978. The van der Waals surface area contributed by atoms with E-state index in [4.69, 9.17) is 0 Å². The Labute approximate surface area is 169 Å². The van der Waals surface area contributed by atoms with Gasteiger partial charge >= 0.3 is 5.97 Å². The highest BCUT2D eigenvalue weighted by molar-refractivity contribution is 7.99. The number of thioether (sulfide) groups is 1. The summed E-state index contributed by atoms with van der Waals surface area (Å²) >= 11 is 1.49. The molecule has 0 aliphatic heterocycles. The fourth-order valence-electron chi connectivity index (χ4n) is 3.48. The molecule has 0 spiro atoms. The Kier molecular flexibility index (Phi) is 5.99. The number of hydrogen-bond donors (Lipinski definition) is 2. The van der Waals surface area contributed by atoms with Crippen LogP contribution in [0, 0.1) is 13.8 Å². The smallest absolute Gasteiger partial charge is 0.328 e. The molecule has 2 N–H and O–H groups in total. The summed E-state index contributed by atoms with van der Waals surface area (Å²) in [5.41, 5.74) is 3.37. The van der Waals surface area contributed by atoms with E-state index in [1.165, 1.54) is 11.8 Å². The maximum Gasteiger partial charge on any atom is 0.328 e. The van der Waals surface area contributed by atoms with Gasteiger partial charge in [0.25, 0.3) is 0 Å². The third-order valence-corrected chi connectivity index (χ3v) is 5.99. The SMILES string of the molecule is CSC(c1ccccc1)(c1ccccc1)C(Nc1nc(C)cc(C)n1)C(=O)O. The zero-order valence-corrected chi connectivity index (χ0v) is 16.9. The van der Waals surface area contributed by atoms with Gasteiger partial charge in [-0.3, -0.25) is 0 Å². The van der Waals surface area contributed by atoms with Gasteiger partial charge < -0.3 is 10.4 Å². The number of aliphatic carboxylic acids is 1. The third kappa shape index (κ3) is 3.87. The second-order valence-corrected chi connectivity index (χ2v) is 7.61. The Morgan fingerprint density at radius 1 is 0.964 bits per heavy atom. The highest BCUT2D eigenvalue weighted by Crippen LogP contribution is 2.45. The molecule has 1 unspecified atom stereocenters. The van der Waals surface area contributed by atoms with Gasteiger partial charge in [-0.05, 0) is 37.3 Å². The molecule has 5 nitrogen and oxygen atoms in total. The average molecular weight is 394 g/mol. The number of carboxylic acids is 1. The standard InChI is InChI=1S/C22H23N3O2S/c1-15-14-16(2)24-21(23-15)25-19(20(26)27)22(28-3,17-10-6-4-7-11-17)18-12-8-5-9-13-18/h4-14,19H,1-3H3,(H,26,27)(H,23,24,25). The maximum atomic E-state index is 12.5. The van der Waals surface area contributed by atoms with Crippen LogP contribution in [0.5, 0.6) is 0 Å². The van der Waals surface area contributed by atoms with Crippen LogP contribution in [0.3, 0.4) is 0 Å². The first-order chi connectivity index (χ1) is 13.5. The number of aromatic nitrogens is 2. The van der Waals surface area contributed by atoms with Crippen molar-refractivity contribution in [2.75, 3.05) is 11.6 Å². The molecule has 0 radical (unpaired) electrons. The van der Waals surface area contributed by atoms with E-state index < -0.39 is 16.8 Å². The van der Waals surface area contributed by atoms with Crippen LogP contribution in [-0.2, 0) is 9.54 Å². The summed E-state index contributed by atoms with van der Waals surface area (Å²) in [7, 11) is 0. The van der Waals surface area contributed by atoms with Crippen LogP contribution in [0.2, 0.25) is 0 Å². The van der Waals surface area contributed by atoms with Crippen LogP contribution in [0.1, 0.15) is 22.5 Å². The molecule has 1 atom stereocenters. The Morgan fingerprint density at radius 2 is 1.43 bits per heavy atom. The molecule has 0 aliphatic rings. The molecule has 28 heavy (non-hydrogen) atoms. The van der Waals surface area contributed by atoms with Crippen molar-refractivity contribution < 1.29 is 9.90 Å². The highest BCUT2D eigenvalue weighted by atomic mass is 32.2. The first-order valence-corrected chi connectivity index (χ1v) is 10.2. The number of nitrogens with zero attached hydrogens (tertiary/aromatic N) is 2. The lowest BCUT2D eigenvalue weighted by atomic mass is 9.83. The number of anilines is 1. The zero-order chi connectivity index (χ0) is 20.1. The fourth-order valence-corrected chi connectivity index (χ4v) is 4.62. The molecule has 2 aromatic carbocycles. The van der Waals surface area contributed by atoms with Crippen molar-refractivity contribution in [1.29, 1.82) is 0 Å². The minimum Gasteiger partial charge on any atom is -0.480 e. The molecule has 0 amide bonds. The van der Waals surface area contributed by atoms with Crippen molar-refractivity contribution in [3.05, 3.63) is 89.2 Å². The number of rotatable bonds is 7. The quantitative estimate of drug-likeness (QED) is 0.625. The van der Waals surface area contributed by atoms with Crippen molar-refractivity contribution >= 4 is 23.7 Å². The predicted octanol–water partition coefficient (Wildman–Crippen LogP) is 4.27. The number of aryl methyl sites for hydroxylation is 2. The minimum absolute atomic E-state index is 0.315. The summed E-state index contributed by atoms with van der Waals surface area (Å²) in [6.45, 7) is 3.73. The van der Waals surface area contributed by atoms with Crippen LogP contribution in [0.15, 0.2) is 66.7 Å². The van der Waals surface area contributed by atoms with Gasteiger partial charge in [0.1, 0.15) is 6.04 Å². The molecule has 1 aromatic heterocycles. The summed E-state index contributed by atoms with van der Waals surface area (Å²) in [4.78, 5) is 21.3. The van der Waals surface area contributed by atoms with Gasteiger partial charge in [-0.25, -0.2) is 14.8 Å². The number of hydrogen-bond acceptors (Lipinski definition) is 5. The van der Waals surface area contributed by atoms with Crippen molar-refractivity contribution in [1.82, 2.24) is 9.97 Å². The Balaban J connectivity index is 2.19. The molecule has 0 bridgehead atoms. The van der Waals surface area contributed by atoms with E-state index in [1.807, 2.05) is 86.8 Å². The third-order valence-electron chi connectivity index (χ3n) is 4.64. The number of carboxylic acid groups (broad SMARTS) is 1. The molecule has 0 aliphatic carbocycles. The molecular weight excluding hydrogens is 370 g/mol. The van der Waals surface area contributed by atoms with Crippen LogP contribution >= 0.6 is 11.8 Å². The summed E-state index contributed by atoms with van der Waals surface area (Å²) < 4.78 is -0.866. The summed E-state index contributed by atoms with van der Waals surface area (Å²) in [6, 6.07) is 20.3. The van der Waals surface area contributed by atoms with Gasteiger partial charge in [-0.2, -0.15) is 0 Å².